The van der Waals surface area contributed by atoms with E-state index in [-0.39, 0.29) is 6.10 Å². The highest BCUT2D eigenvalue weighted by molar-refractivity contribution is 5.04. The first kappa shape index (κ1) is 18.8. The smallest absolute Gasteiger partial charge is 0.146 e. The van der Waals surface area contributed by atoms with Crippen molar-refractivity contribution in [3.63, 3.8) is 0 Å². The van der Waals surface area contributed by atoms with Gasteiger partial charge >= 0.3 is 0 Å². The van der Waals surface area contributed by atoms with Gasteiger partial charge in [-0.15, -0.1) is 10.2 Å². The topological polar surface area (TPSA) is 66.7 Å². The molecule has 0 spiro atoms. The molecular formula is C18H33N5O2. The van der Waals surface area contributed by atoms with Crippen molar-refractivity contribution in [2.45, 2.75) is 51.2 Å². The number of aliphatic hydroxyl groups is 1. The Morgan fingerprint density at radius 1 is 1.12 bits per heavy atom. The fourth-order valence-electron chi connectivity index (χ4n) is 3.95. The molecule has 0 amide bonds. The summed E-state index contributed by atoms with van der Waals surface area (Å²) in [6.45, 7) is 9.58. The lowest BCUT2D eigenvalue weighted by Crippen LogP contribution is -2.37. The summed E-state index contributed by atoms with van der Waals surface area (Å²) in [6, 6.07) is 0. The second kappa shape index (κ2) is 9.07. The van der Waals surface area contributed by atoms with E-state index in [1.54, 1.807) is 0 Å². The second-order valence-electron chi connectivity index (χ2n) is 7.38. The number of ether oxygens (including phenoxy) is 1. The van der Waals surface area contributed by atoms with Crippen LogP contribution in [0.25, 0.3) is 0 Å². The first-order valence-electron chi connectivity index (χ1n) is 9.76. The maximum absolute atomic E-state index is 9.65. The van der Waals surface area contributed by atoms with Crippen LogP contribution in [0.4, 0.5) is 0 Å². The van der Waals surface area contributed by atoms with Gasteiger partial charge in [-0.1, -0.05) is 0 Å². The zero-order chi connectivity index (χ0) is 17.6. The number of piperidine rings is 2. The zero-order valence-corrected chi connectivity index (χ0v) is 15.7. The van der Waals surface area contributed by atoms with Gasteiger partial charge in [-0.3, -0.25) is 4.90 Å². The molecule has 7 nitrogen and oxygen atoms in total. The fourth-order valence-corrected chi connectivity index (χ4v) is 3.95. The van der Waals surface area contributed by atoms with E-state index in [1.807, 2.05) is 6.92 Å². The molecule has 3 heterocycles. The van der Waals surface area contributed by atoms with Crippen LogP contribution in [0.3, 0.4) is 0 Å². The highest BCUT2D eigenvalue weighted by Crippen LogP contribution is 2.26. The SMILES string of the molecule is CCOCCN1CCCC(c2nnc(CN3CCC(O)CC3)n2C)C1. The van der Waals surface area contributed by atoms with Crippen LogP contribution in [-0.4, -0.2) is 81.7 Å². The Morgan fingerprint density at radius 2 is 1.92 bits per heavy atom. The maximum Gasteiger partial charge on any atom is 0.146 e. The normalized spacial score (nSPS) is 24.0. The summed E-state index contributed by atoms with van der Waals surface area (Å²) in [5.41, 5.74) is 0. The Hall–Kier alpha value is -1.02. The number of aliphatic hydroxyl groups excluding tert-OH is 1. The highest BCUT2D eigenvalue weighted by Gasteiger charge is 2.26. The van der Waals surface area contributed by atoms with Crippen molar-refractivity contribution >= 4 is 0 Å². The van der Waals surface area contributed by atoms with Gasteiger partial charge in [-0.2, -0.15) is 0 Å². The molecule has 0 bridgehead atoms. The molecule has 1 N–H and O–H groups in total. The van der Waals surface area contributed by atoms with Crippen LogP contribution < -0.4 is 0 Å². The van der Waals surface area contributed by atoms with Crippen molar-refractivity contribution in [2.75, 3.05) is 45.9 Å². The summed E-state index contributed by atoms with van der Waals surface area (Å²) >= 11 is 0. The van der Waals surface area contributed by atoms with E-state index in [0.717, 1.165) is 77.0 Å². The lowest BCUT2D eigenvalue weighted by Gasteiger charge is -2.32. The molecule has 2 fully saturated rings. The second-order valence-corrected chi connectivity index (χ2v) is 7.38. The molecule has 0 saturated carbocycles. The predicted molar refractivity (Wildman–Crippen MR) is 96.4 cm³/mol. The van der Waals surface area contributed by atoms with Crippen LogP contribution in [-0.2, 0) is 18.3 Å². The number of rotatable bonds is 7. The lowest BCUT2D eigenvalue weighted by atomic mass is 9.97. The lowest BCUT2D eigenvalue weighted by molar-refractivity contribution is 0.0775. The average molecular weight is 351 g/mol. The van der Waals surface area contributed by atoms with Crippen LogP contribution in [0.15, 0.2) is 0 Å². The van der Waals surface area contributed by atoms with Crippen LogP contribution in [0.5, 0.6) is 0 Å². The molecule has 7 heteroatoms. The van der Waals surface area contributed by atoms with Gasteiger partial charge in [0.15, 0.2) is 0 Å². The Bertz CT molecular complexity index is 528. The van der Waals surface area contributed by atoms with E-state index >= 15 is 0 Å². The molecule has 3 rings (SSSR count). The quantitative estimate of drug-likeness (QED) is 0.739. The summed E-state index contributed by atoms with van der Waals surface area (Å²) in [5.74, 6) is 2.62. The molecule has 1 atom stereocenters. The predicted octanol–water partition coefficient (Wildman–Crippen LogP) is 0.988. The van der Waals surface area contributed by atoms with Gasteiger partial charge in [0.1, 0.15) is 11.6 Å². The van der Waals surface area contributed by atoms with E-state index in [9.17, 15) is 5.11 Å². The van der Waals surface area contributed by atoms with Gasteiger partial charge < -0.3 is 19.3 Å². The maximum atomic E-state index is 9.65. The van der Waals surface area contributed by atoms with E-state index in [1.165, 1.54) is 12.8 Å². The Kier molecular flexibility index (Phi) is 6.81. The number of aromatic nitrogens is 3. The van der Waals surface area contributed by atoms with Gasteiger partial charge in [0.2, 0.25) is 0 Å². The number of likely N-dealkylation sites (tertiary alicyclic amines) is 2. The van der Waals surface area contributed by atoms with Gasteiger partial charge in [0.25, 0.3) is 0 Å². The van der Waals surface area contributed by atoms with Gasteiger partial charge in [-0.05, 0) is 39.2 Å². The summed E-state index contributed by atoms with van der Waals surface area (Å²) in [6.07, 6.45) is 4.00. The molecule has 0 radical (unpaired) electrons. The zero-order valence-electron chi connectivity index (χ0n) is 15.7. The van der Waals surface area contributed by atoms with Crippen molar-refractivity contribution in [1.82, 2.24) is 24.6 Å². The van der Waals surface area contributed by atoms with E-state index < -0.39 is 0 Å². The Labute approximate surface area is 151 Å². The molecule has 25 heavy (non-hydrogen) atoms. The molecule has 1 unspecified atom stereocenters. The summed E-state index contributed by atoms with van der Waals surface area (Å²) in [4.78, 5) is 4.86. The molecule has 2 aliphatic heterocycles. The minimum atomic E-state index is -0.129. The molecule has 2 aliphatic rings. The van der Waals surface area contributed by atoms with E-state index in [2.05, 4.69) is 31.6 Å². The average Bonchev–Trinajstić information content (AvgIpc) is 2.98. The van der Waals surface area contributed by atoms with E-state index in [0.29, 0.717) is 5.92 Å². The van der Waals surface area contributed by atoms with Crippen LogP contribution >= 0.6 is 0 Å². The van der Waals surface area contributed by atoms with Crippen molar-refractivity contribution in [2.24, 2.45) is 7.05 Å². The summed E-state index contributed by atoms with van der Waals surface area (Å²) in [7, 11) is 2.10. The van der Waals surface area contributed by atoms with Crippen LogP contribution in [0, 0.1) is 0 Å². The largest absolute Gasteiger partial charge is 0.393 e. The summed E-state index contributed by atoms with van der Waals surface area (Å²) in [5, 5.41) is 18.7. The van der Waals surface area contributed by atoms with Crippen LogP contribution in [0.1, 0.15) is 50.2 Å². The monoisotopic (exact) mass is 351 g/mol. The fraction of sp³-hybridized carbons (Fsp3) is 0.889. The van der Waals surface area contributed by atoms with E-state index in [4.69, 9.17) is 4.74 Å². The molecule has 142 valence electrons. The number of nitrogens with zero attached hydrogens (tertiary/aromatic N) is 5. The third kappa shape index (κ3) is 5.00. The standard InChI is InChI=1S/C18H33N5O2/c1-3-25-12-11-22-8-4-5-15(13-22)18-20-19-17(21(18)2)14-23-9-6-16(24)7-10-23/h15-16,24H,3-14H2,1-2H3. The first-order chi connectivity index (χ1) is 12.2. The van der Waals surface area contributed by atoms with Gasteiger partial charge in [0.05, 0.1) is 19.3 Å². The summed E-state index contributed by atoms with van der Waals surface area (Å²) < 4.78 is 7.70. The molecule has 2 saturated heterocycles. The first-order valence-corrected chi connectivity index (χ1v) is 9.76. The molecule has 1 aromatic heterocycles. The molecule has 1 aromatic rings. The van der Waals surface area contributed by atoms with Crippen molar-refractivity contribution in [3.05, 3.63) is 11.6 Å². The molecule has 0 aromatic carbocycles. The highest BCUT2D eigenvalue weighted by atomic mass is 16.5. The molecule has 0 aliphatic carbocycles. The van der Waals surface area contributed by atoms with Crippen molar-refractivity contribution < 1.29 is 9.84 Å². The number of hydrogen-bond acceptors (Lipinski definition) is 6. The number of hydrogen-bond donors (Lipinski definition) is 1. The Balaban J connectivity index is 1.56. The Morgan fingerprint density at radius 3 is 2.68 bits per heavy atom. The molecular weight excluding hydrogens is 318 g/mol. The third-order valence-corrected chi connectivity index (χ3v) is 5.55. The van der Waals surface area contributed by atoms with Crippen molar-refractivity contribution in [3.8, 4) is 0 Å². The minimum Gasteiger partial charge on any atom is -0.393 e. The third-order valence-electron chi connectivity index (χ3n) is 5.55. The van der Waals surface area contributed by atoms with Crippen LogP contribution in [0.2, 0.25) is 0 Å². The van der Waals surface area contributed by atoms with Gasteiger partial charge in [-0.25, -0.2) is 0 Å². The van der Waals surface area contributed by atoms with Gasteiger partial charge in [0, 0.05) is 45.8 Å². The minimum absolute atomic E-state index is 0.129. The van der Waals surface area contributed by atoms with Crippen molar-refractivity contribution in [1.29, 1.82) is 0 Å².